The Morgan fingerprint density at radius 1 is 1.22 bits per heavy atom. The summed E-state index contributed by atoms with van der Waals surface area (Å²) in [4.78, 5) is 0.467. The van der Waals surface area contributed by atoms with Crippen LogP contribution in [0.5, 0.6) is 0 Å². The van der Waals surface area contributed by atoms with E-state index in [4.69, 9.17) is 0 Å². The Morgan fingerprint density at radius 3 is 2.78 bits per heavy atom. The highest BCUT2D eigenvalue weighted by molar-refractivity contribution is 7.89. The zero-order valence-electron chi connectivity index (χ0n) is 10.7. The van der Waals surface area contributed by atoms with Crippen LogP contribution in [-0.2, 0) is 16.4 Å². The standard InChI is InChI=1S/C13H20N2O2S/c1-2-12-6-3-4-7-13(12)18(16,17)15-10-5-8-14-9-11-15/h3-4,6-7,14H,2,5,8-11H2,1H3. The van der Waals surface area contributed by atoms with E-state index in [-0.39, 0.29) is 0 Å². The average molecular weight is 268 g/mol. The van der Waals surface area contributed by atoms with Gasteiger partial charge in [-0.05, 0) is 31.0 Å². The van der Waals surface area contributed by atoms with Gasteiger partial charge < -0.3 is 5.32 Å². The predicted octanol–water partition coefficient (Wildman–Crippen LogP) is 1.23. The third-order valence-electron chi connectivity index (χ3n) is 3.27. The van der Waals surface area contributed by atoms with Gasteiger partial charge in [0.25, 0.3) is 0 Å². The molecule has 1 heterocycles. The van der Waals surface area contributed by atoms with E-state index in [2.05, 4.69) is 5.32 Å². The molecule has 0 saturated carbocycles. The van der Waals surface area contributed by atoms with Crippen molar-refractivity contribution in [3.63, 3.8) is 0 Å². The van der Waals surface area contributed by atoms with Crippen LogP contribution in [0.3, 0.4) is 0 Å². The Labute approximate surface area is 109 Å². The highest BCUT2D eigenvalue weighted by atomic mass is 32.2. The second-order valence-corrected chi connectivity index (χ2v) is 6.38. The zero-order chi connectivity index (χ0) is 13.0. The van der Waals surface area contributed by atoms with Gasteiger partial charge in [0.2, 0.25) is 10.0 Å². The first-order valence-corrected chi connectivity index (χ1v) is 7.89. The minimum Gasteiger partial charge on any atom is -0.315 e. The van der Waals surface area contributed by atoms with E-state index in [0.717, 1.165) is 31.5 Å². The maximum Gasteiger partial charge on any atom is 0.243 e. The van der Waals surface area contributed by atoms with Gasteiger partial charge in [0, 0.05) is 19.6 Å². The molecule has 0 aromatic heterocycles. The molecular formula is C13H20N2O2S. The molecule has 100 valence electrons. The summed E-state index contributed by atoms with van der Waals surface area (Å²) < 4.78 is 26.8. The van der Waals surface area contributed by atoms with Crippen LogP contribution < -0.4 is 5.32 Å². The Morgan fingerprint density at radius 2 is 2.00 bits per heavy atom. The van der Waals surface area contributed by atoms with E-state index in [1.807, 2.05) is 19.1 Å². The molecule has 2 rings (SSSR count). The SMILES string of the molecule is CCc1ccccc1S(=O)(=O)N1CCCNCC1. The molecule has 4 nitrogen and oxygen atoms in total. The fraction of sp³-hybridized carbons (Fsp3) is 0.538. The molecule has 0 spiro atoms. The molecule has 1 fully saturated rings. The first kappa shape index (κ1) is 13.5. The number of nitrogens with one attached hydrogen (secondary N) is 1. The zero-order valence-corrected chi connectivity index (χ0v) is 11.5. The molecule has 18 heavy (non-hydrogen) atoms. The van der Waals surface area contributed by atoms with Crippen LogP contribution in [0.1, 0.15) is 18.9 Å². The summed E-state index contributed by atoms with van der Waals surface area (Å²) in [5.41, 5.74) is 0.898. The minimum absolute atomic E-state index is 0.467. The van der Waals surface area contributed by atoms with Crippen LogP contribution in [0.2, 0.25) is 0 Å². The Bertz CT molecular complexity index is 491. The quantitative estimate of drug-likeness (QED) is 0.897. The lowest BCUT2D eigenvalue weighted by Gasteiger charge is -2.21. The Hall–Kier alpha value is -0.910. The van der Waals surface area contributed by atoms with E-state index in [1.54, 1.807) is 16.4 Å². The lowest BCUT2D eigenvalue weighted by atomic mass is 10.2. The first-order valence-electron chi connectivity index (χ1n) is 6.45. The van der Waals surface area contributed by atoms with Gasteiger partial charge in [0.15, 0.2) is 0 Å². The number of nitrogens with zero attached hydrogens (tertiary/aromatic N) is 1. The molecule has 1 saturated heterocycles. The molecule has 0 radical (unpaired) electrons. The number of sulfonamides is 1. The molecular weight excluding hydrogens is 248 g/mol. The van der Waals surface area contributed by atoms with E-state index in [9.17, 15) is 8.42 Å². The molecule has 0 bridgehead atoms. The van der Waals surface area contributed by atoms with E-state index in [1.165, 1.54) is 0 Å². The lowest BCUT2D eigenvalue weighted by molar-refractivity contribution is 0.431. The van der Waals surface area contributed by atoms with Gasteiger partial charge in [-0.15, -0.1) is 0 Å². The van der Waals surface area contributed by atoms with Crippen LogP contribution in [0.4, 0.5) is 0 Å². The molecule has 0 atom stereocenters. The second kappa shape index (κ2) is 5.82. The highest BCUT2D eigenvalue weighted by Crippen LogP contribution is 2.21. The summed E-state index contributed by atoms with van der Waals surface area (Å²) in [6, 6.07) is 7.29. The van der Waals surface area contributed by atoms with Gasteiger partial charge in [-0.3, -0.25) is 0 Å². The van der Waals surface area contributed by atoms with Crippen LogP contribution in [0.25, 0.3) is 0 Å². The fourth-order valence-electron chi connectivity index (χ4n) is 2.25. The van der Waals surface area contributed by atoms with Gasteiger partial charge in [-0.2, -0.15) is 4.31 Å². The van der Waals surface area contributed by atoms with Gasteiger partial charge in [-0.1, -0.05) is 25.1 Å². The van der Waals surface area contributed by atoms with Crippen molar-refractivity contribution >= 4 is 10.0 Å². The molecule has 1 aromatic rings. The molecule has 1 aliphatic heterocycles. The Kier molecular flexibility index (Phi) is 4.37. The fourth-order valence-corrected chi connectivity index (χ4v) is 4.02. The topological polar surface area (TPSA) is 49.4 Å². The van der Waals surface area contributed by atoms with E-state index in [0.29, 0.717) is 18.0 Å². The summed E-state index contributed by atoms with van der Waals surface area (Å²) in [5.74, 6) is 0. The summed E-state index contributed by atoms with van der Waals surface area (Å²) in [6.07, 6.45) is 1.61. The minimum atomic E-state index is -3.33. The Balaban J connectivity index is 2.34. The maximum absolute atomic E-state index is 12.6. The van der Waals surface area contributed by atoms with Crippen molar-refractivity contribution in [2.45, 2.75) is 24.7 Å². The molecule has 1 N–H and O–H groups in total. The maximum atomic E-state index is 12.6. The smallest absolute Gasteiger partial charge is 0.243 e. The van der Waals surface area contributed by atoms with Crippen molar-refractivity contribution in [1.82, 2.24) is 9.62 Å². The largest absolute Gasteiger partial charge is 0.315 e. The number of hydrogen-bond donors (Lipinski definition) is 1. The number of aryl methyl sites for hydroxylation is 1. The molecule has 1 aliphatic rings. The van der Waals surface area contributed by atoms with Crippen LogP contribution in [0.15, 0.2) is 29.2 Å². The van der Waals surface area contributed by atoms with Gasteiger partial charge >= 0.3 is 0 Å². The lowest BCUT2D eigenvalue weighted by Crippen LogP contribution is -2.34. The summed E-state index contributed by atoms with van der Waals surface area (Å²) in [5, 5.41) is 3.22. The first-order chi connectivity index (χ1) is 8.66. The van der Waals surface area contributed by atoms with Crippen molar-refractivity contribution in [2.75, 3.05) is 26.2 Å². The van der Waals surface area contributed by atoms with Crippen LogP contribution >= 0.6 is 0 Å². The predicted molar refractivity (Wildman–Crippen MR) is 72.1 cm³/mol. The van der Waals surface area contributed by atoms with Crippen molar-refractivity contribution in [2.24, 2.45) is 0 Å². The number of benzene rings is 1. The third kappa shape index (κ3) is 2.74. The normalized spacial score (nSPS) is 18.5. The van der Waals surface area contributed by atoms with Crippen molar-refractivity contribution < 1.29 is 8.42 Å². The van der Waals surface area contributed by atoms with Gasteiger partial charge in [-0.25, -0.2) is 8.42 Å². The molecule has 1 aromatic carbocycles. The van der Waals surface area contributed by atoms with Gasteiger partial charge in [0.05, 0.1) is 4.90 Å². The molecule has 0 unspecified atom stereocenters. The monoisotopic (exact) mass is 268 g/mol. The summed E-state index contributed by atoms with van der Waals surface area (Å²) in [6.45, 7) is 4.76. The summed E-state index contributed by atoms with van der Waals surface area (Å²) in [7, 11) is -3.33. The van der Waals surface area contributed by atoms with Crippen LogP contribution in [0, 0.1) is 0 Å². The molecule has 5 heteroatoms. The average Bonchev–Trinajstić information content (AvgIpc) is 2.68. The van der Waals surface area contributed by atoms with E-state index >= 15 is 0 Å². The summed E-state index contributed by atoms with van der Waals surface area (Å²) >= 11 is 0. The molecule has 0 aliphatic carbocycles. The number of hydrogen-bond acceptors (Lipinski definition) is 3. The van der Waals surface area contributed by atoms with E-state index < -0.39 is 10.0 Å². The second-order valence-electron chi connectivity index (χ2n) is 4.47. The van der Waals surface area contributed by atoms with Crippen LogP contribution in [-0.4, -0.2) is 38.9 Å². The number of rotatable bonds is 3. The van der Waals surface area contributed by atoms with Gasteiger partial charge in [0.1, 0.15) is 0 Å². The van der Waals surface area contributed by atoms with Crippen molar-refractivity contribution in [3.05, 3.63) is 29.8 Å². The van der Waals surface area contributed by atoms with Crippen molar-refractivity contribution in [1.29, 1.82) is 0 Å². The van der Waals surface area contributed by atoms with Crippen molar-refractivity contribution in [3.8, 4) is 0 Å². The molecule has 0 amide bonds. The highest BCUT2D eigenvalue weighted by Gasteiger charge is 2.26. The third-order valence-corrected chi connectivity index (χ3v) is 5.27.